The molecule has 3 unspecified atom stereocenters. The van der Waals surface area contributed by atoms with E-state index in [1.54, 1.807) is 26.0 Å². The Hall–Kier alpha value is -0.940. The molecule has 0 aromatic rings. The number of phosphoric acid groups is 1. The smallest absolute Gasteiger partial charge is 0.268 e. The Morgan fingerprint density at radius 3 is 2.32 bits per heavy atom. The van der Waals surface area contributed by atoms with Crippen molar-refractivity contribution >= 4 is 23.5 Å². The predicted octanol–water partition coefficient (Wildman–Crippen LogP) is 0.286. The Morgan fingerprint density at radius 1 is 1.13 bits per heavy atom. The summed E-state index contributed by atoms with van der Waals surface area (Å²) in [5.74, 6) is 0. The van der Waals surface area contributed by atoms with Gasteiger partial charge in [0.25, 0.3) is 7.82 Å². The van der Waals surface area contributed by atoms with Crippen LogP contribution >= 0.6 is 7.82 Å². The molecule has 10 nitrogen and oxygen atoms in total. The van der Waals surface area contributed by atoms with E-state index >= 15 is 0 Å². The minimum Gasteiger partial charge on any atom is -0.756 e. The van der Waals surface area contributed by atoms with Crippen molar-refractivity contribution < 1.29 is 37.5 Å². The molecular formula is C18H26B2N2O8P-. The van der Waals surface area contributed by atoms with Gasteiger partial charge in [0.05, 0.1) is 49.7 Å². The van der Waals surface area contributed by atoms with Crippen molar-refractivity contribution in [3.63, 3.8) is 0 Å². The van der Waals surface area contributed by atoms with E-state index in [0.717, 1.165) is 0 Å². The molecule has 0 amide bonds. The van der Waals surface area contributed by atoms with Gasteiger partial charge in [0.2, 0.25) is 0 Å². The van der Waals surface area contributed by atoms with E-state index in [-0.39, 0.29) is 18.8 Å². The fourth-order valence-corrected chi connectivity index (χ4v) is 4.36. The zero-order valence-corrected chi connectivity index (χ0v) is 18.9. The molecule has 0 N–H and O–H groups in total. The maximum absolute atomic E-state index is 12.6. The number of hydrogen-bond donors (Lipinski definition) is 0. The quantitative estimate of drug-likeness (QED) is 0.336. The molecule has 0 saturated carbocycles. The van der Waals surface area contributed by atoms with Crippen molar-refractivity contribution in [3.05, 3.63) is 0 Å². The molecule has 7 atom stereocenters. The molecule has 2 rings (SSSR count). The summed E-state index contributed by atoms with van der Waals surface area (Å²) in [7, 11) is 6.57. The second-order valence-electron chi connectivity index (χ2n) is 8.01. The molecule has 168 valence electrons. The van der Waals surface area contributed by atoms with Crippen LogP contribution in [-0.2, 0) is 32.6 Å². The third kappa shape index (κ3) is 6.54. The highest BCUT2D eigenvalue weighted by Gasteiger charge is 2.58. The van der Waals surface area contributed by atoms with Crippen molar-refractivity contribution in [2.24, 2.45) is 5.41 Å². The molecule has 0 aromatic heterocycles. The van der Waals surface area contributed by atoms with Crippen molar-refractivity contribution in [1.29, 1.82) is 10.5 Å². The highest BCUT2D eigenvalue weighted by Crippen LogP contribution is 2.49. The highest BCUT2D eigenvalue weighted by atomic mass is 31.2. The van der Waals surface area contributed by atoms with Crippen LogP contribution in [0, 0.1) is 28.1 Å². The van der Waals surface area contributed by atoms with Gasteiger partial charge in [-0.2, -0.15) is 10.5 Å². The summed E-state index contributed by atoms with van der Waals surface area (Å²) in [6.07, 6.45) is -3.77. The van der Waals surface area contributed by atoms with Gasteiger partial charge in [0, 0.05) is 6.00 Å². The third-order valence-corrected chi connectivity index (χ3v) is 5.79. The first kappa shape index (κ1) is 26.3. The molecular weight excluding hydrogens is 425 g/mol. The Labute approximate surface area is 185 Å². The molecule has 4 radical (unpaired) electrons. The van der Waals surface area contributed by atoms with Crippen molar-refractivity contribution in [3.8, 4) is 12.1 Å². The zero-order chi connectivity index (χ0) is 23.4. The van der Waals surface area contributed by atoms with Gasteiger partial charge in [-0.15, -0.1) is 0 Å². The first-order valence-electron chi connectivity index (χ1n) is 9.99. The lowest BCUT2D eigenvalue weighted by atomic mass is 9.72. The van der Waals surface area contributed by atoms with Gasteiger partial charge in [-0.25, -0.2) is 0 Å². The van der Waals surface area contributed by atoms with Crippen LogP contribution in [0.5, 0.6) is 0 Å². The van der Waals surface area contributed by atoms with E-state index in [9.17, 15) is 20.0 Å². The van der Waals surface area contributed by atoms with Crippen LogP contribution in [0.3, 0.4) is 0 Å². The highest BCUT2D eigenvalue weighted by molar-refractivity contribution is 7.45. The van der Waals surface area contributed by atoms with Crippen LogP contribution in [0.4, 0.5) is 0 Å². The van der Waals surface area contributed by atoms with Crippen LogP contribution in [0.2, 0.25) is 0 Å². The number of hydrogen-bond acceptors (Lipinski definition) is 10. The molecule has 0 aliphatic carbocycles. The summed E-state index contributed by atoms with van der Waals surface area (Å²) < 4.78 is 44.7. The fourth-order valence-electron chi connectivity index (χ4n) is 3.39. The largest absolute Gasteiger partial charge is 0.756 e. The Bertz CT molecular complexity index is 729. The number of rotatable bonds is 10. The summed E-state index contributed by atoms with van der Waals surface area (Å²) in [6, 6.07) is 1.45. The lowest BCUT2D eigenvalue weighted by Gasteiger charge is -2.33. The second kappa shape index (κ2) is 10.8. The first-order valence-corrected chi connectivity index (χ1v) is 11.5. The fraction of sp³-hybridized carbons (Fsp3) is 0.889. The third-order valence-electron chi connectivity index (χ3n) is 4.84. The lowest BCUT2D eigenvalue weighted by Crippen LogP contribution is -2.43. The summed E-state index contributed by atoms with van der Waals surface area (Å²) in [5.41, 5.74) is -2.07. The number of ether oxygens (including phenoxy) is 4. The average Bonchev–Trinajstić information content (AvgIpc) is 3.14. The summed E-state index contributed by atoms with van der Waals surface area (Å²) >= 11 is 0. The van der Waals surface area contributed by atoms with Crippen LogP contribution in [0.1, 0.15) is 34.1 Å². The molecule has 13 heteroatoms. The van der Waals surface area contributed by atoms with Gasteiger partial charge >= 0.3 is 0 Å². The molecule has 31 heavy (non-hydrogen) atoms. The maximum atomic E-state index is 12.6. The van der Waals surface area contributed by atoms with E-state index in [4.69, 9.17) is 43.7 Å². The molecule has 2 aliphatic rings. The Kier molecular flexibility index (Phi) is 9.15. The van der Waals surface area contributed by atoms with Gasteiger partial charge in [-0.1, -0.05) is 0 Å². The van der Waals surface area contributed by atoms with Gasteiger partial charge in [-0.3, -0.25) is 4.57 Å². The van der Waals surface area contributed by atoms with E-state index in [1.807, 2.05) is 13.8 Å². The van der Waals surface area contributed by atoms with Crippen molar-refractivity contribution in [2.75, 3.05) is 13.2 Å². The SMILES string of the molecule is [B][C@@H]1O[C@H](COC(C)C)C(OP(=O)([O-])OC[C@H]2O[C@@H]([B])CC2OC(C)C)C1(C#N)C#N. The van der Waals surface area contributed by atoms with Gasteiger partial charge in [-0.05, 0) is 34.1 Å². The predicted molar refractivity (Wildman–Crippen MR) is 107 cm³/mol. The van der Waals surface area contributed by atoms with Crippen molar-refractivity contribution in [2.45, 2.75) is 82.7 Å². The summed E-state index contributed by atoms with van der Waals surface area (Å²) in [5, 5.41) is 19.1. The minimum absolute atomic E-state index is 0.123. The second-order valence-corrected chi connectivity index (χ2v) is 9.37. The van der Waals surface area contributed by atoms with Gasteiger partial charge in [0.1, 0.15) is 34.0 Å². The van der Waals surface area contributed by atoms with E-state index in [2.05, 4.69) is 0 Å². The van der Waals surface area contributed by atoms with Crippen LogP contribution in [0.15, 0.2) is 0 Å². The van der Waals surface area contributed by atoms with Crippen LogP contribution < -0.4 is 4.89 Å². The normalized spacial score (nSPS) is 34.5. The molecule has 2 saturated heterocycles. The molecule has 0 spiro atoms. The Morgan fingerprint density at radius 2 is 1.77 bits per heavy atom. The number of nitriles is 2. The summed E-state index contributed by atoms with van der Waals surface area (Å²) in [6.45, 7) is 6.63. The van der Waals surface area contributed by atoms with Gasteiger partial charge < -0.3 is 32.9 Å². The first-order chi connectivity index (χ1) is 14.4. The van der Waals surface area contributed by atoms with Crippen LogP contribution in [0.25, 0.3) is 0 Å². The maximum Gasteiger partial charge on any atom is 0.268 e. The topological polar surface area (TPSA) is 143 Å². The lowest BCUT2D eigenvalue weighted by molar-refractivity contribution is -0.236. The van der Waals surface area contributed by atoms with E-state index in [0.29, 0.717) is 6.42 Å². The van der Waals surface area contributed by atoms with Crippen LogP contribution in [-0.4, -0.2) is 77.5 Å². The molecule has 2 aliphatic heterocycles. The molecule has 2 heterocycles. The standard InChI is InChI=1S/C18H27B2N2O8P/c1-10(2)25-6-14-16(18(8-21,9-22)17(20)29-14)30-31(23,24)26-7-13-12(27-11(3)4)5-15(19)28-13/h10-17H,5-7H2,1-4H3,(H,23,24)/p-1/t12?,13-,14-,15-,16?,17-/m1/s1. The number of nitrogens with zero attached hydrogens (tertiary/aromatic N) is 2. The molecule has 0 bridgehead atoms. The Balaban J connectivity index is 2.11. The van der Waals surface area contributed by atoms with E-state index < -0.39 is 56.3 Å². The number of phosphoric ester groups is 1. The summed E-state index contributed by atoms with van der Waals surface area (Å²) in [4.78, 5) is 12.6. The van der Waals surface area contributed by atoms with Crippen molar-refractivity contribution in [1.82, 2.24) is 0 Å². The monoisotopic (exact) mass is 451 g/mol. The van der Waals surface area contributed by atoms with E-state index in [1.165, 1.54) is 0 Å². The average molecular weight is 451 g/mol. The molecule has 2 fully saturated rings. The van der Waals surface area contributed by atoms with Gasteiger partial charge in [0.15, 0.2) is 5.41 Å². The minimum atomic E-state index is -5.01. The zero-order valence-electron chi connectivity index (χ0n) is 18.0. The molecule has 0 aromatic carbocycles.